The van der Waals surface area contributed by atoms with Gasteiger partial charge in [0.2, 0.25) is 0 Å². The number of aromatic hydroxyl groups is 1. The van der Waals surface area contributed by atoms with E-state index in [2.05, 4.69) is 20.8 Å². The molecule has 0 radical (unpaired) electrons. The highest BCUT2D eigenvalue weighted by Gasteiger charge is 2.21. The number of aryl methyl sites for hydroxylation is 1. The van der Waals surface area contributed by atoms with Crippen molar-refractivity contribution in [3.05, 3.63) is 57.3 Å². The van der Waals surface area contributed by atoms with Gasteiger partial charge in [0.25, 0.3) is 0 Å². The highest BCUT2D eigenvalue weighted by molar-refractivity contribution is 9.10. The topological polar surface area (TPSA) is 23.5 Å². The molecular weight excluding hydrogens is 321 g/mol. The van der Waals surface area contributed by atoms with E-state index in [4.69, 9.17) is 0 Å². The summed E-state index contributed by atoms with van der Waals surface area (Å²) in [5.41, 5.74) is 3.79. The van der Waals surface area contributed by atoms with Gasteiger partial charge in [-0.1, -0.05) is 22.0 Å². The van der Waals surface area contributed by atoms with E-state index in [9.17, 15) is 9.50 Å². The summed E-state index contributed by atoms with van der Waals surface area (Å²) in [6, 6.07) is 8.72. The van der Waals surface area contributed by atoms with Gasteiger partial charge >= 0.3 is 0 Å². The lowest BCUT2D eigenvalue weighted by atomic mass is 10.1. The molecule has 2 nitrogen and oxygen atoms in total. The molecule has 0 amide bonds. The largest absolute Gasteiger partial charge is 0.507 e. The Morgan fingerprint density at radius 2 is 2.10 bits per heavy atom. The summed E-state index contributed by atoms with van der Waals surface area (Å²) in [5.74, 6) is 0.100. The van der Waals surface area contributed by atoms with Crippen LogP contribution in [0.3, 0.4) is 0 Å². The number of phenolic OH excluding ortho intramolecular Hbond substituents is 1. The average molecular weight is 336 g/mol. The van der Waals surface area contributed by atoms with E-state index in [1.165, 1.54) is 6.07 Å². The second-order valence-corrected chi connectivity index (χ2v) is 6.09. The van der Waals surface area contributed by atoms with Crippen molar-refractivity contribution in [1.82, 2.24) is 0 Å². The molecule has 104 valence electrons. The summed E-state index contributed by atoms with van der Waals surface area (Å²) in [6.45, 7) is 3.31. The highest BCUT2D eigenvalue weighted by Crippen LogP contribution is 2.33. The molecule has 0 atom stereocenters. The molecule has 0 aliphatic carbocycles. The fourth-order valence-electron chi connectivity index (χ4n) is 2.71. The van der Waals surface area contributed by atoms with Crippen LogP contribution in [-0.2, 0) is 13.0 Å². The van der Waals surface area contributed by atoms with E-state index in [-0.39, 0.29) is 5.82 Å². The lowest BCUT2D eigenvalue weighted by Crippen LogP contribution is -2.20. The van der Waals surface area contributed by atoms with E-state index in [1.54, 1.807) is 6.07 Å². The molecule has 0 aromatic heterocycles. The molecule has 0 spiro atoms. The zero-order valence-corrected chi connectivity index (χ0v) is 12.7. The molecule has 0 unspecified atom stereocenters. The summed E-state index contributed by atoms with van der Waals surface area (Å²) in [4.78, 5) is 2.11. The number of anilines is 1. The molecular formula is C16H15BrFNO. The Hall–Kier alpha value is -1.55. The summed E-state index contributed by atoms with van der Waals surface area (Å²) in [7, 11) is 0. The fraction of sp³-hybridized carbons (Fsp3) is 0.250. The summed E-state index contributed by atoms with van der Waals surface area (Å²) in [6.07, 6.45) is 0.920. The number of hydrogen-bond acceptors (Lipinski definition) is 2. The molecule has 4 heteroatoms. The summed E-state index contributed by atoms with van der Waals surface area (Å²) >= 11 is 3.45. The molecule has 20 heavy (non-hydrogen) atoms. The van der Waals surface area contributed by atoms with Gasteiger partial charge in [-0.15, -0.1) is 0 Å². The van der Waals surface area contributed by atoms with Crippen molar-refractivity contribution in [3.8, 4) is 5.75 Å². The minimum Gasteiger partial charge on any atom is -0.507 e. The Morgan fingerprint density at radius 1 is 1.30 bits per heavy atom. The predicted molar refractivity (Wildman–Crippen MR) is 81.7 cm³/mol. The third-order valence-corrected chi connectivity index (χ3v) is 4.20. The molecule has 0 saturated heterocycles. The number of nitrogens with zero attached hydrogens (tertiary/aromatic N) is 1. The molecule has 0 bridgehead atoms. The van der Waals surface area contributed by atoms with E-state index >= 15 is 0 Å². The lowest BCUT2D eigenvalue weighted by Gasteiger charge is -2.21. The molecule has 1 heterocycles. The van der Waals surface area contributed by atoms with Gasteiger partial charge in [0.15, 0.2) is 0 Å². The molecule has 2 aromatic carbocycles. The van der Waals surface area contributed by atoms with Crippen LogP contribution >= 0.6 is 15.9 Å². The van der Waals surface area contributed by atoms with Crippen molar-refractivity contribution >= 4 is 21.6 Å². The maximum Gasteiger partial charge on any atom is 0.125 e. The van der Waals surface area contributed by atoms with E-state index in [0.29, 0.717) is 12.3 Å². The molecule has 0 saturated carbocycles. The second-order valence-electron chi connectivity index (χ2n) is 5.18. The predicted octanol–water partition coefficient (Wildman–Crippen LogP) is 4.16. The first-order valence-corrected chi connectivity index (χ1v) is 7.35. The number of phenols is 1. The van der Waals surface area contributed by atoms with Crippen LogP contribution in [0.25, 0.3) is 0 Å². The van der Waals surface area contributed by atoms with Gasteiger partial charge < -0.3 is 10.0 Å². The third-order valence-electron chi connectivity index (χ3n) is 3.74. The zero-order chi connectivity index (χ0) is 14.3. The van der Waals surface area contributed by atoms with Crippen LogP contribution in [0.1, 0.15) is 16.7 Å². The monoisotopic (exact) mass is 335 g/mol. The van der Waals surface area contributed by atoms with Crippen LogP contribution in [-0.4, -0.2) is 11.7 Å². The van der Waals surface area contributed by atoms with Gasteiger partial charge in [-0.25, -0.2) is 4.39 Å². The van der Waals surface area contributed by atoms with E-state index in [1.807, 2.05) is 25.1 Å². The van der Waals surface area contributed by atoms with Crippen molar-refractivity contribution in [1.29, 1.82) is 0 Å². The van der Waals surface area contributed by atoms with Gasteiger partial charge in [0.1, 0.15) is 11.6 Å². The highest BCUT2D eigenvalue weighted by atomic mass is 79.9. The van der Waals surface area contributed by atoms with Crippen molar-refractivity contribution < 1.29 is 9.50 Å². The smallest absolute Gasteiger partial charge is 0.125 e. The van der Waals surface area contributed by atoms with Crippen LogP contribution in [0.15, 0.2) is 34.8 Å². The van der Waals surface area contributed by atoms with Gasteiger partial charge in [-0.2, -0.15) is 0 Å². The molecule has 1 N–H and O–H groups in total. The minimum absolute atomic E-state index is 0.217. The number of fused-ring (bicyclic) bond motifs is 1. The molecule has 1 aliphatic rings. The normalized spacial score (nSPS) is 13.7. The quantitative estimate of drug-likeness (QED) is 0.890. The van der Waals surface area contributed by atoms with Crippen molar-refractivity contribution in [2.45, 2.75) is 19.9 Å². The fourth-order valence-corrected chi connectivity index (χ4v) is 3.33. The van der Waals surface area contributed by atoms with Crippen LogP contribution < -0.4 is 4.90 Å². The van der Waals surface area contributed by atoms with Crippen LogP contribution in [0.5, 0.6) is 5.75 Å². The third kappa shape index (κ3) is 2.40. The molecule has 1 aliphatic heterocycles. The first kappa shape index (κ1) is 13.4. The number of benzene rings is 2. The van der Waals surface area contributed by atoms with Crippen LogP contribution in [0, 0.1) is 12.7 Å². The first-order valence-electron chi connectivity index (χ1n) is 6.56. The molecule has 0 fully saturated rings. The summed E-state index contributed by atoms with van der Waals surface area (Å²) in [5, 5.41) is 10.2. The minimum atomic E-state index is -0.217. The maximum absolute atomic E-state index is 13.4. The van der Waals surface area contributed by atoms with Gasteiger partial charge in [-0.3, -0.25) is 0 Å². The van der Waals surface area contributed by atoms with Crippen molar-refractivity contribution in [3.63, 3.8) is 0 Å². The van der Waals surface area contributed by atoms with Crippen molar-refractivity contribution in [2.24, 2.45) is 0 Å². The lowest BCUT2D eigenvalue weighted by molar-refractivity contribution is 0.463. The van der Waals surface area contributed by atoms with Crippen molar-refractivity contribution in [2.75, 3.05) is 11.4 Å². The SMILES string of the molecule is Cc1cc(Br)cc(CN2CCc3ccc(F)cc32)c1O. The average Bonchev–Trinajstić information content (AvgIpc) is 2.78. The Balaban J connectivity index is 1.93. The summed E-state index contributed by atoms with van der Waals surface area (Å²) < 4.78 is 14.3. The Labute approximate surface area is 126 Å². The van der Waals surface area contributed by atoms with Crippen LogP contribution in [0.2, 0.25) is 0 Å². The maximum atomic E-state index is 13.4. The Morgan fingerprint density at radius 3 is 2.90 bits per heavy atom. The number of rotatable bonds is 2. The number of hydrogen-bond donors (Lipinski definition) is 1. The van der Waals surface area contributed by atoms with Crippen LogP contribution in [0.4, 0.5) is 10.1 Å². The number of halogens is 2. The molecule has 2 aromatic rings. The standard InChI is InChI=1S/C16H15BrFNO/c1-10-6-13(17)7-12(16(10)20)9-19-5-4-11-2-3-14(18)8-15(11)19/h2-3,6-8,20H,4-5,9H2,1H3. The van der Waals surface area contributed by atoms with E-state index < -0.39 is 0 Å². The Kier molecular flexibility index (Phi) is 3.42. The second kappa shape index (κ2) is 5.09. The first-order chi connectivity index (χ1) is 9.54. The van der Waals surface area contributed by atoms with Gasteiger partial charge in [-0.05, 0) is 48.7 Å². The Bertz CT molecular complexity index is 672. The van der Waals surface area contributed by atoms with Gasteiger partial charge in [0, 0.05) is 28.8 Å². The van der Waals surface area contributed by atoms with E-state index in [0.717, 1.165) is 39.8 Å². The zero-order valence-electron chi connectivity index (χ0n) is 11.2. The molecule has 3 rings (SSSR count). The van der Waals surface area contributed by atoms with Gasteiger partial charge in [0.05, 0.1) is 0 Å².